The van der Waals surface area contributed by atoms with Crippen molar-refractivity contribution in [3.8, 4) is 0 Å². The van der Waals surface area contributed by atoms with Crippen LogP contribution in [0.25, 0.3) is 0 Å². The van der Waals surface area contributed by atoms with Gasteiger partial charge in [0.15, 0.2) is 0 Å². The summed E-state index contributed by atoms with van der Waals surface area (Å²) in [6, 6.07) is 3.83. The lowest BCUT2D eigenvalue weighted by Crippen LogP contribution is -2.42. The van der Waals surface area contributed by atoms with E-state index in [0.29, 0.717) is 13.2 Å². The lowest BCUT2D eigenvalue weighted by atomic mass is 10.1. The molecule has 24 heavy (non-hydrogen) atoms. The minimum absolute atomic E-state index is 0.0545. The summed E-state index contributed by atoms with van der Waals surface area (Å²) in [6.45, 7) is 0.487. The maximum absolute atomic E-state index is 12.3. The maximum Gasteiger partial charge on any atom is 0.282 e. The van der Waals surface area contributed by atoms with Crippen molar-refractivity contribution < 1.29 is 24.0 Å². The van der Waals surface area contributed by atoms with Crippen LogP contribution >= 0.6 is 0 Å². The summed E-state index contributed by atoms with van der Waals surface area (Å²) in [7, 11) is 0. The van der Waals surface area contributed by atoms with Crippen LogP contribution in [0, 0.1) is 10.1 Å². The SMILES string of the molecule is O=C(CN1C(=O)c2cccc([N+](=O)[O-])c2C1=O)NC[C@@H]1CCCO1. The van der Waals surface area contributed by atoms with Crippen molar-refractivity contribution >= 4 is 23.4 Å². The van der Waals surface area contributed by atoms with E-state index in [0.717, 1.165) is 23.8 Å². The van der Waals surface area contributed by atoms with Gasteiger partial charge in [0.2, 0.25) is 5.91 Å². The van der Waals surface area contributed by atoms with Crippen LogP contribution in [-0.4, -0.2) is 53.3 Å². The van der Waals surface area contributed by atoms with E-state index in [4.69, 9.17) is 4.74 Å². The Morgan fingerprint density at radius 1 is 1.38 bits per heavy atom. The molecule has 2 aliphatic heterocycles. The van der Waals surface area contributed by atoms with Gasteiger partial charge in [-0.15, -0.1) is 0 Å². The first kappa shape index (κ1) is 16.1. The number of benzene rings is 1. The highest BCUT2D eigenvalue weighted by atomic mass is 16.6. The maximum atomic E-state index is 12.3. The van der Waals surface area contributed by atoms with Gasteiger partial charge < -0.3 is 10.1 Å². The van der Waals surface area contributed by atoms with Gasteiger partial charge in [0.1, 0.15) is 12.1 Å². The molecule has 0 bridgehead atoms. The Morgan fingerprint density at radius 3 is 2.83 bits per heavy atom. The fourth-order valence-corrected chi connectivity index (χ4v) is 2.84. The zero-order chi connectivity index (χ0) is 17.3. The quantitative estimate of drug-likeness (QED) is 0.476. The Balaban J connectivity index is 1.70. The second kappa shape index (κ2) is 6.36. The second-order valence-electron chi connectivity index (χ2n) is 5.59. The number of nitro groups is 1. The summed E-state index contributed by atoms with van der Waals surface area (Å²) in [5.41, 5.74) is -0.756. The molecule has 0 spiro atoms. The molecule has 1 aromatic carbocycles. The number of hydrogen-bond acceptors (Lipinski definition) is 6. The summed E-state index contributed by atoms with van der Waals surface area (Å²) in [5, 5.41) is 13.6. The number of rotatable bonds is 5. The Morgan fingerprint density at radius 2 is 2.17 bits per heavy atom. The molecule has 0 radical (unpaired) electrons. The molecule has 1 aromatic rings. The van der Waals surface area contributed by atoms with E-state index >= 15 is 0 Å². The van der Waals surface area contributed by atoms with Crippen LogP contribution < -0.4 is 5.32 Å². The number of nitrogens with zero attached hydrogens (tertiary/aromatic N) is 2. The van der Waals surface area contributed by atoms with Gasteiger partial charge in [-0.1, -0.05) is 6.07 Å². The van der Waals surface area contributed by atoms with Crippen LogP contribution in [0.3, 0.4) is 0 Å². The highest BCUT2D eigenvalue weighted by Crippen LogP contribution is 2.30. The van der Waals surface area contributed by atoms with E-state index < -0.39 is 34.9 Å². The molecule has 1 saturated heterocycles. The molecular weight excluding hydrogens is 318 g/mol. The van der Waals surface area contributed by atoms with Gasteiger partial charge in [-0.3, -0.25) is 29.4 Å². The molecule has 0 unspecified atom stereocenters. The third-order valence-corrected chi connectivity index (χ3v) is 4.03. The van der Waals surface area contributed by atoms with Gasteiger partial charge >= 0.3 is 0 Å². The highest BCUT2D eigenvalue weighted by molar-refractivity contribution is 6.24. The Labute approximate surface area is 136 Å². The smallest absolute Gasteiger partial charge is 0.282 e. The van der Waals surface area contributed by atoms with Gasteiger partial charge in [-0.2, -0.15) is 0 Å². The van der Waals surface area contributed by atoms with Crippen molar-refractivity contribution in [3.05, 3.63) is 39.4 Å². The largest absolute Gasteiger partial charge is 0.376 e. The number of carbonyl (C=O) groups excluding carboxylic acids is 3. The average molecular weight is 333 g/mol. The third-order valence-electron chi connectivity index (χ3n) is 4.03. The van der Waals surface area contributed by atoms with Crippen molar-refractivity contribution in [2.75, 3.05) is 19.7 Å². The van der Waals surface area contributed by atoms with Crippen molar-refractivity contribution in [1.29, 1.82) is 0 Å². The van der Waals surface area contributed by atoms with Crippen molar-refractivity contribution in [2.24, 2.45) is 0 Å². The number of fused-ring (bicyclic) bond motifs is 1. The van der Waals surface area contributed by atoms with Crippen molar-refractivity contribution in [3.63, 3.8) is 0 Å². The second-order valence-corrected chi connectivity index (χ2v) is 5.59. The summed E-state index contributed by atoms with van der Waals surface area (Å²) in [6.07, 6.45) is 1.72. The number of ether oxygens (including phenoxy) is 1. The lowest BCUT2D eigenvalue weighted by Gasteiger charge is -2.15. The number of nitro benzene ring substituents is 1. The molecule has 1 fully saturated rings. The lowest BCUT2D eigenvalue weighted by molar-refractivity contribution is -0.385. The number of imide groups is 1. The molecule has 1 N–H and O–H groups in total. The number of nitrogens with one attached hydrogen (secondary N) is 1. The fraction of sp³-hybridized carbons (Fsp3) is 0.400. The molecule has 2 heterocycles. The molecule has 9 heteroatoms. The van der Waals surface area contributed by atoms with Gasteiger partial charge in [0, 0.05) is 19.2 Å². The Hall–Kier alpha value is -2.81. The van der Waals surface area contributed by atoms with Crippen LogP contribution in [0.5, 0.6) is 0 Å². The number of amides is 3. The summed E-state index contributed by atoms with van der Waals surface area (Å²) in [5.74, 6) is -2.04. The molecule has 0 saturated carbocycles. The first-order valence-corrected chi connectivity index (χ1v) is 7.51. The molecule has 9 nitrogen and oxygen atoms in total. The molecule has 0 aromatic heterocycles. The minimum Gasteiger partial charge on any atom is -0.376 e. The van der Waals surface area contributed by atoms with E-state index in [1.807, 2.05) is 0 Å². The fourth-order valence-electron chi connectivity index (χ4n) is 2.84. The molecule has 3 rings (SSSR count). The van der Waals surface area contributed by atoms with Crippen LogP contribution in [0.1, 0.15) is 33.6 Å². The van der Waals surface area contributed by atoms with E-state index in [1.54, 1.807) is 0 Å². The Bertz CT molecular complexity index is 726. The topological polar surface area (TPSA) is 119 Å². The first-order chi connectivity index (χ1) is 11.5. The molecule has 3 amide bonds. The standard InChI is InChI=1S/C15H15N3O6/c19-12(16-7-9-3-2-6-24-9)8-17-14(20)10-4-1-5-11(18(22)23)13(10)15(17)21/h1,4-5,9H,2-3,6-8H2,(H,16,19)/t9-/m0/s1. The third kappa shape index (κ3) is 2.85. The average Bonchev–Trinajstić information content (AvgIpc) is 3.16. The molecular formula is C15H15N3O6. The van der Waals surface area contributed by atoms with Gasteiger partial charge in [-0.25, -0.2) is 0 Å². The summed E-state index contributed by atoms with van der Waals surface area (Å²) in [4.78, 5) is 47.6. The monoisotopic (exact) mass is 333 g/mol. The van der Waals surface area contributed by atoms with E-state index in [1.165, 1.54) is 12.1 Å². The molecule has 0 aliphatic carbocycles. The predicted molar refractivity (Wildman–Crippen MR) is 80.4 cm³/mol. The van der Waals surface area contributed by atoms with Gasteiger partial charge in [0.05, 0.1) is 16.6 Å². The predicted octanol–water partition coefficient (Wildman–Crippen LogP) is 0.486. The summed E-state index contributed by atoms with van der Waals surface area (Å²) >= 11 is 0. The minimum atomic E-state index is -0.824. The summed E-state index contributed by atoms with van der Waals surface area (Å²) < 4.78 is 5.37. The van der Waals surface area contributed by atoms with E-state index in [-0.39, 0.29) is 17.2 Å². The zero-order valence-electron chi connectivity index (χ0n) is 12.7. The van der Waals surface area contributed by atoms with Crippen LogP contribution in [0.15, 0.2) is 18.2 Å². The van der Waals surface area contributed by atoms with Crippen molar-refractivity contribution in [2.45, 2.75) is 18.9 Å². The van der Waals surface area contributed by atoms with Crippen molar-refractivity contribution in [1.82, 2.24) is 10.2 Å². The molecule has 2 aliphatic rings. The van der Waals surface area contributed by atoms with E-state index in [2.05, 4.69) is 5.32 Å². The number of hydrogen-bond donors (Lipinski definition) is 1. The molecule has 126 valence electrons. The molecule has 1 atom stereocenters. The number of carbonyl (C=O) groups is 3. The van der Waals surface area contributed by atoms with Crippen LogP contribution in [0.4, 0.5) is 5.69 Å². The highest BCUT2D eigenvalue weighted by Gasteiger charge is 2.41. The Kier molecular flexibility index (Phi) is 4.26. The van der Waals surface area contributed by atoms with Crippen LogP contribution in [-0.2, 0) is 9.53 Å². The van der Waals surface area contributed by atoms with E-state index in [9.17, 15) is 24.5 Å². The zero-order valence-corrected chi connectivity index (χ0v) is 12.7. The normalized spacial score (nSPS) is 19.5. The van der Waals surface area contributed by atoms with Gasteiger partial charge in [0.25, 0.3) is 17.5 Å². The first-order valence-electron chi connectivity index (χ1n) is 7.51. The van der Waals surface area contributed by atoms with Crippen LogP contribution in [0.2, 0.25) is 0 Å². The van der Waals surface area contributed by atoms with Gasteiger partial charge in [-0.05, 0) is 18.9 Å².